The molecular weight excluding hydrogens is 488 g/mol. The van der Waals surface area contributed by atoms with Crippen molar-refractivity contribution >= 4 is 35.0 Å². The summed E-state index contributed by atoms with van der Waals surface area (Å²) in [5.41, 5.74) is 2.15. The van der Waals surface area contributed by atoms with Crippen LogP contribution in [0.25, 0.3) is 0 Å². The first kappa shape index (κ1) is 32.5. The first-order valence-electron chi connectivity index (χ1n) is 13.1. The van der Waals surface area contributed by atoms with E-state index in [0.717, 1.165) is 30.5 Å². The molecule has 0 unspecified atom stereocenters. The second kappa shape index (κ2) is 19.6. The number of anilines is 1. The van der Waals surface area contributed by atoms with E-state index < -0.39 is 11.8 Å². The Morgan fingerprint density at radius 3 is 2.18 bits per heavy atom. The third-order valence-corrected chi connectivity index (χ3v) is 5.50. The molecule has 10 heteroatoms. The zero-order chi connectivity index (χ0) is 28.2. The topological polar surface area (TPSA) is 143 Å². The summed E-state index contributed by atoms with van der Waals surface area (Å²) < 4.78 is 5.42. The fraction of sp³-hybridized carbons (Fsp3) is 0.536. The summed E-state index contributed by atoms with van der Waals surface area (Å²) in [6, 6.07) is 6.90. The lowest BCUT2D eigenvalue weighted by Gasteiger charge is -2.08. The highest BCUT2D eigenvalue weighted by molar-refractivity contribution is 6.03. The molecule has 1 rings (SSSR count). The van der Waals surface area contributed by atoms with E-state index in [-0.39, 0.29) is 43.5 Å². The molecule has 1 aromatic rings. The normalized spacial score (nSPS) is 11.0. The van der Waals surface area contributed by atoms with Gasteiger partial charge in [-0.1, -0.05) is 18.6 Å². The zero-order valence-electron chi connectivity index (χ0n) is 22.8. The lowest BCUT2D eigenvalue weighted by Crippen LogP contribution is -2.30. The summed E-state index contributed by atoms with van der Waals surface area (Å²) in [6.07, 6.45) is 5.65. The van der Waals surface area contributed by atoms with Crippen LogP contribution < -0.4 is 21.3 Å². The number of unbranched alkanes of at least 4 members (excludes halogenated alkanes) is 2. The van der Waals surface area contributed by atoms with Gasteiger partial charge in [-0.05, 0) is 50.8 Å². The Balaban J connectivity index is 2.10. The predicted octanol–water partition coefficient (Wildman–Crippen LogP) is 2.43. The largest absolute Gasteiger partial charge is 0.392 e. The molecule has 1 aromatic carbocycles. The van der Waals surface area contributed by atoms with Crippen LogP contribution in [0.4, 0.5) is 5.69 Å². The van der Waals surface area contributed by atoms with Gasteiger partial charge in [-0.2, -0.15) is 0 Å². The lowest BCUT2D eigenvalue weighted by atomic mass is 10.1. The van der Waals surface area contributed by atoms with Crippen LogP contribution in [0, 0.1) is 0 Å². The molecule has 38 heavy (non-hydrogen) atoms. The minimum atomic E-state index is -0.440. The number of amides is 3. The molecule has 0 aliphatic rings. The van der Waals surface area contributed by atoms with E-state index in [4.69, 9.17) is 4.74 Å². The van der Waals surface area contributed by atoms with Crippen LogP contribution in [0.5, 0.6) is 0 Å². The Bertz CT molecular complexity index is 943. The molecule has 0 aliphatic heterocycles. The molecule has 3 amide bonds. The Morgan fingerprint density at radius 2 is 1.50 bits per heavy atom. The average Bonchev–Trinajstić information content (AvgIpc) is 2.86. The highest BCUT2D eigenvalue weighted by atomic mass is 16.5. The molecule has 0 saturated carbocycles. The van der Waals surface area contributed by atoms with Crippen molar-refractivity contribution in [2.45, 2.75) is 65.2 Å². The van der Waals surface area contributed by atoms with Crippen molar-refractivity contribution in [2.75, 3.05) is 38.7 Å². The number of carbonyl (C=O) groups excluding carboxylic acids is 5. The third-order valence-electron chi connectivity index (χ3n) is 5.50. The maximum absolute atomic E-state index is 12.1. The Hall–Kier alpha value is -3.53. The predicted molar refractivity (Wildman–Crippen MR) is 146 cm³/mol. The fourth-order valence-corrected chi connectivity index (χ4v) is 3.38. The van der Waals surface area contributed by atoms with Gasteiger partial charge in [0.15, 0.2) is 5.78 Å². The number of carbonyl (C=O) groups is 5. The summed E-state index contributed by atoms with van der Waals surface area (Å²) in [5, 5.41) is 11.0. The maximum Gasteiger partial charge on any atom is 0.233 e. The van der Waals surface area contributed by atoms with Crippen LogP contribution in [0.3, 0.4) is 0 Å². The Morgan fingerprint density at radius 1 is 0.789 bits per heavy atom. The van der Waals surface area contributed by atoms with E-state index in [0.29, 0.717) is 38.1 Å². The van der Waals surface area contributed by atoms with Crippen molar-refractivity contribution in [2.24, 2.45) is 0 Å². The van der Waals surface area contributed by atoms with E-state index in [1.165, 1.54) is 0 Å². The van der Waals surface area contributed by atoms with Crippen LogP contribution >= 0.6 is 0 Å². The zero-order valence-corrected chi connectivity index (χ0v) is 22.8. The van der Waals surface area contributed by atoms with Crippen molar-refractivity contribution in [1.29, 1.82) is 0 Å². The Kier molecular flexibility index (Phi) is 16.7. The number of ether oxygens (including phenoxy) is 1. The quantitative estimate of drug-likeness (QED) is 0.115. The minimum absolute atomic E-state index is 0.0236. The van der Waals surface area contributed by atoms with Crippen molar-refractivity contribution in [1.82, 2.24) is 16.0 Å². The standard InChI is InChI=1S/C28H42N4O6/c1-21(29-3)18-25(34)19-23-10-12-24(13-11-23)32-28(37)20-27(36)31-15-17-38-16-7-9-26(35)30-14-6-4-5-8-22(2)33/h10-13,18,29H,4-9,14-17,19-20H2,1-3H3,(H,30,35)(H,31,36)(H,32,37)/b21-18-. The number of rotatable bonds is 20. The molecule has 0 heterocycles. The van der Waals surface area contributed by atoms with E-state index in [1.807, 2.05) is 6.92 Å². The summed E-state index contributed by atoms with van der Waals surface area (Å²) in [6.45, 7) is 4.96. The molecule has 0 aliphatic carbocycles. The summed E-state index contributed by atoms with van der Waals surface area (Å²) in [7, 11) is 1.75. The van der Waals surface area contributed by atoms with Crippen molar-refractivity contribution < 1.29 is 28.7 Å². The monoisotopic (exact) mass is 530 g/mol. The Labute approximate surface area is 225 Å². The average molecular weight is 531 g/mol. The third kappa shape index (κ3) is 17.0. The van der Waals surface area contributed by atoms with Crippen LogP contribution in [0.15, 0.2) is 36.0 Å². The molecule has 10 nitrogen and oxygen atoms in total. The number of ketones is 2. The summed E-state index contributed by atoms with van der Waals surface area (Å²) in [5.74, 6) is -0.715. The van der Waals surface area contributed by atoms with Crippen LogP contribution in [-0.2, 0) is 35.1 Å². The van der Waals surface area contributed by atoms with Crippen LogP contribution in [-0.4, -0.2) is 62.6 Å². The lowest BCUT2D eigenvalue weighted by molar-refractivity contribution is -0.127. The molecule has 0 fully saturated rings. The second-order valence-corrected chi connectivity index (χ2v) is 9.07. The number of allylic oxidation sites excluding steroid dienone is 2. The molecule has 0 saturated heterocycles. The minimum Gasteiger partial charge on any atom is -0.392 e. The molecule has 0 atom stereocenters. The highest BCUT2D eigenvalue weighted by Gasteiger charge is 2.10. The van der Waals surface area contributed by atoms with Crippen LogP contribution in [0.2, 0.25) is 0 Å². The molecule has 0 radical (unpaired) electrons. The van der Waals surface area contributed by atoms with Gasteiger partial charge in [0.2, 0.25) is 17.7 Å². The van der Waals surface area contributed by atoms with E-state index in [2.05, 4.69) is 21.3 Å². The van der Waals surface area contributed by atoms with Gasteiger partial charge >= 0.3 is 0 Å². The maximum atomic E-state index is 12.1. The molecule has 0 aromatic heterocycles. The van der Waals surface area contributed by atoms with E-state index >= 15 is 0 Å². The van der Waals surface area contributed by atoms with Gasteiger partial charge in [-0.3, -0.25) is 19.2 Å². The molecule has 210 valence electrons. The summed E-state index contributed by atoms with van der Waals surface area (Å²) in [4.78, 5) is 58.7. The highest BCUT2D eigenvalue weighted by Crippen LogP contribution is 2.11. The van der Waals surface area contributed by atoms with Gasteiger partial charge in [0.1, 0.15) is 12.2 Å². The van der Waals surface area contributed by atoms with Crippen molar-refractivity contribution in [3.63, 3.8) is 0 Å². The van der Waals surface area contributed by atoms with Gasteiger partial charge in [-0.15, -0.1) is 0 Å². The summed E-state index contributed by atoms with van der Waals surface area (Å²) >= 11 is 0. The van der Waals surface area contributed by atoms with Crippen molar-refractivity contribution in [3.05, 3.63) is 41.6 Å². The molecular formula is C28H42N4O6. The van der Waals surface area contributed by atoms with Crippen LogP contribution in [0.1, 0.15) is 64.4 Å². The van der Waals surface area contributed by atoms with Gasteiger partial charge in [0.25, 0.3) is 0 Å². The number of hydrogen-bond acceptors (Lipinski definition) is 7. The molecule has 0 bridgehead atoms. The number of benzene rings is 1. The first-order valence-corrected chi connectivity index (χ1v) is 13.1. The van der Waals surface area contributed by atoms with E-state index in [1.54, 1.807) is 44.3 Å². The van der Waals surface area contributed by atoms with Crippen molar-refractivity contribution in [3.8, 4) is 0 Å². The van der Waals surface area contributed by atoms with Gasteiger partial charge in [-0.25, -0.2) is 0 Å². The fourth-order valence-electron chi connectivity index (χ4n) is 3.38. The van der Waals surface area contributed by atoms with Gasteiger partial charge < -0.3 is 30.8 Å². The SMILES string of the molecule is CN/C(C)=C\C(=O)Cc1ccc(NC(=O)CC(=O)NCCOCCCC(=O)NCCCCCC(C)=O)cc1. The van der Waals surface area contributed by atoms with Gasteiger partial charge in [0.05, 0.1) is 6.61 Å². The number of nitrogens with one attached hydrogen (secondary N) is 4. The number of Topliss-reactive ketones (excluding diaryl/α,β-unsaturated/α-hetero) is 1. The van der Waals surface area contributed by atoms with Gasteiger partial charge in [0, 0.05) is 63.5 Å². The smallest absolute Gasteiger partial charge is 0.233 e. The van der Waals surface area contributed by atoms with E-state index in [9.17, 15) is 24.0 Å². The second-order valence-electron chi connectivity index (χ2n) is 9.07. The first-order chi connectivity index (χ1) is 18.2. The number of hydrogen-bond donors (Lipinski definition) is 4. The molecule has 0 spiro atoms. The molecule has 4 N–H and O–H groups in total.